The Hall–Kier alpha value is -1.08. The second-order valence-corrected chi connectivity index (χ2v) is 6.81. The largest absolute Gasteiger partial charge is 0.310 e. The summed E-state index contributed by atoms with van der Waals surface area (Å²) in [6, 6.07) is 11.4. The van der Waals surface area contributed by atoms with E-state index >= 15 is 0 Å². The molecule has 1 aliphatic carbocycles. The van der Waals surface area contributed by atoms with Crippen molar-refractivity contribution in [1.82, 2.24) is 5.32 Å². The predicted octanol–water partition coefficient (Wildman–Crippen LogP) is 5.22. The van der Waals surface area contributed by atoms with E-state index in [1.54, 1.807) is 5.57 Å². The topological polar surface area (TPSA) is 12.0 Å². The maximum absolute atomic E-state index is 3.77. The molecule has 1 atom stereocenters. The van der Waals surface area contributed by atoms with Crippen LogP contribution in [-0.2, 0) is 5.41 Å². The van der Waals surface area contributed by atoms with Crippen LogP contribution in [0.25, 0.3) is 0 Å². The summed E-state index contributed by atoms with van der Waals surface area (Å²) < 4.78 is 0. The molecule has 1 aromatic rings. The van der Waals surface area contributed by atoms with E-state index in [4.69, 9.17) is 0 Å². The van der Waals surface area contributed by atoms with Crippen LogP contribution in [0.15, 0.2) is 42.0 Å². The Morgan fingerprint density at radius 2 is 1.76 bits per heavy atom. The number of hydrogen-bond donors (Lipinski definition) is 1. The normalized spacial score (nSPS) is 21.0. The zero-order valence-corrected chi connectivity index (χ0v) is 14.0. The van der Waals surface area contributed by atoms with Crippen LogP contribution in [0.1, 0.15) is 64.9 Å². The smallest absolute Gasteiger partial charge is 0.0371 e. The Kier molecular flexibility index (Phi) is 6.05. The molecule has 0 bridgehead atoms. The number of hydrogen-bond acceptors (Lipinski definition) is 1. The average Bonchev–Trinajstić information content (AvgIpc) is 2.46. The summed E-state index contributed by atoms with van der Waals surface area (Å²) in [7, 11) is 0. The van der Waals surface area contributed by atoms with Crippen molar-refractivity contribution in [2.24, 2.45) is 0 Å². The number of rotatable bonds is 5. The fourth-order valence-electron chi connectivity index (χ4n) is 3.57. The second-order valence-electron chi connectivity index (χ2n) is 6.81. The highest BCUT2D eigenvalue weighted by Gasteiger charge is 2.32. The van der Waals surface area contributed by atoms with Gasteiger partial charge in [0.05, 0.1) is 0 Å². The van der Waals surface area contributed by atoms with E-state index in [9.17, 15) is 0 Å². The van der Waals surface area contributed by atoms with Gasteiger partial charge in [-0.2, -0.15) is 0 Å². The van der Waals surface area contributed by atoms with Crippen LogP contribution >= 0.6 is 0 Å². The number of benzene rings is 1. The molecule has 0 saturated heterocycles. The van der Waals surface area contributed by atoms with Crippen LogP contribution in [0.5, 0.6) is 0 Å². The zero-order valence-electron chi connectivity index (χ0n) is 14.0. The lowest BCUT2D eigenvalue weighted by atomic mass is 9.73. The molecular weight excluding hydrogens is 254 g/mol. The molecule has 0 radical (unpaired) electrons. The predicted molar refractivity (Wildman–Crippen MR) is 92.7 cm³/mol. The van der Waals surface area contributed by atoms with E-state index in [0.29, 0.717) is 6.04 Å². The van der Waals surface area contributed by atoms with Gasteiger partial charge in [0.25, 0.3) is 0 Å². The molecule has 0 fully saturated rings. The van der Waals surface area contributed by atoms with Crippen molar-refractivity contribution < 1.29 is 0 Å². The molecule has 1 aliphatic rings. The van der Waals surface area contributed by atoms with Crippen LogP contribution in [0.3, 0.4) is 0 Å². The van der Waals surface area contributed by atoms with Crippen LogP contribution in [0.4, 0.5) is 0 Å². The van der Waals surface area contributed by atoms with Gasteiger partial charge in [-0.15, -0.1) is 0 Å². The van der Waals surface area contributed by atoms with Gasteiger partial charge >= 0.3 is 0 Å². The van der Waals surface area contributed by atoms with Crippen molar-refractivity contribution in [3.05, 3.63) is 47.5 Å². The fraction of sp³-hybridized carbons (Fsp3) is 0.600. The molecule has 0 spiro atoms. The summed E-state index contributed by atoms with van der Waals surface area (Å²) >= 11 is 0. The van der Waals surface area contributed by atoms with Gasteiger partial charge in [-0.05, 0) is 37.8 Å². The monoisotopic (exact) mass is 285 g/mol. The first-order valence-electron chi connectivity index (χ1n) is 8.64. The first-order chi connectivity index (χ1) is 10.2. The Bertz CT molecular complexity index is 444. The highest BCUT2D eigenvalue weighted by Crippen LogP contribution is 2.33. The summed E-state index contributed by atoms with van der Waals surface area (Å²) in [6.45, 7) is 8.01. The summed E-state index contributed by atoms with van der Waals surface area (Å²) in [5.41, 5.74) is 3.19. The SMILES string of the molecule is CCNC(/C1=C/CCCCCC1)C(C)(C)c1ccccc1. The van der Waals surface area contributed by atoms with E-state index in [-0.39, 0.29) is 5.41 Å². The minimum Gasteiger partial charge on any atom is -0.310 e. The Morgan fingerprint density at radius 1 is 1.05 bits per heavy atom. The maximum Gasteiger partial charge on any atom is 0.0371 e. The van der Waals surface area contributed by atoms with Crippen LogP contribution < -0.4 is 5.32 Å². The number of allylic oxidation sites excluding steroid dienone is 1. The molecule has 0 amide bonds. The van der Waals surface area contributed by atoms with E-state index in [0.717, 1.165) is 6.54 Å². The average molecular weight is 285 g/mol. The molecule has 0 aliphatic heterocycles. The molecule has 1 heteroatoms. The number of nitrogens with one attached hydrogen (secondary N) is 1. The Labute approximate surface area is 130 Å². The molecule has 21 heavy (non-hydrogen) atoms. The third-order valence-corrected chi connectivity index (χ3v) is 4.84. The van der Waals surface area contributed by atoms with Gasteiger partial charge in [-0.25, -0.2) is 0 Å². The molecule has 0 aromatic heterocycles. The lowest BCUT2D eigenvalue weighted by Crippen LogP contribution is -2.46. The third-order valence-electron chi connectivity index (χ3n) is 4.84. The van der Waals surface area contributed by atoms with E-state index in [1.165, 1.54) is 44.1 Å². The molecule has 1 aromatic carbocycles. The van der Waals surface area contributed by atoms with E-state index in [2.05, 4.69) is 62.5 Å². The summed E-state index contributed by atoms with van der Waals surface area (Å²) in [5, 5.41) is 3.77. The standard InChI is InChI=1S/C20H31N/c1-4-21-19(17-13-9-6-5-7-10-14-17)20(2,3)18-15-11-8-12-16-18/h8,11-13,15-16,19,21H,4-7,9-10,14H2,1-3H3/b17-13+. The quantitative estimate of drug-likeness (QED) is 0.731. The second kappa shape index (κ2) is 7.79. The van der Waals surface area contributed by atoms with Gasteiger partial charge in [-0.3, -0.25) is 0 Å². The Balaban J connectivity index is 2.28. The van der Waals surface area contributed by atoms with Gasteiger partial charge < -0.3 is 5.32 Å². The number of likely N-dealkylation sites (N-methyl/N-ethyl adjacent to an activating group) is 1. The third kappa shape index (κ3) is 4.20. The van der Waals surface area contributed by atoms with E-state index in [1.807, 2.05) is 0 Å². The summed E-state index contributed by atoms with van der Waals surface area (Å²) in [6.07, 6.45) is 10.5. The van der Waals surface area contributed by atoms with Crippen LogP contribution in [0, 0.1) is 0 Å². The highest BCUT2D eigenvalue weighted by atomic mass is 14.9. The van der Waals surface area contributed by atoms with Crippen molar-refractivity contribution in [2.75, 3.05) is 6.54 Å². The summed E-state index contributed by atoms with van der Waals surface area (Å²) in [4.78, 5) is 0. The Morgan fingerprint density at radius 3 is 2.48 bits per heavy atom. The van der Waals surface area contributed by atoms with Crippen molar-refractivity contribution in [2.45, 2.75) is 70.8 Å². The summed E-state index contributed by atoms with van der Waals surface area (Å²) in [5.74, 6) is 0. The van der Waals surface area contributed by atoms with Crippen LogP contribution in [0.2, 0.25) is 0 Å². The van der Waals surface area contributed by atoms with Gasteiger partial charge in [0.15, 0.2) is 0 Å². The van der Waals surface area contributed by atoms with Gasteiger partial charge in [0.1, 0.15) is 0 Å². The fourth-order valence-corrected chi connectivity index (χ4v) is 3.57. The molecular formula is C20H31N. The molecule has 1 N–H and O–H groups in total. The minimum absolute atomic E-state index is 0.127. The van der Waals surface area contributed by atoms with Crippen molar-refractivity contribution in [3.63, 3.8) is 0 Å². The molecule has 0 heterocycles. The minimum atomic E-state index is 0.127. The van der Waals surface area contributed by atoms with Gasteiger partial charge in [0.2, 0.25) is 0 Å². The van der Waals surface area contributed by atoms with Crippen LogP contribution in [-0.4, -0.2) is 12.6 Å². The molecule has 0 saturated carbocycles. The van der Waals surface area contributed by atoms with Crippen molar-refractivity contribution in [1.29, 1.82) is 0 Å². The first kappa shape index (κ1) is 16.3. The molecule has 2 rings (SSSR count). The maximum atomic E-state index is 3.77. The lowest BCUT2D eigenvalue weighted by molar-refractivity contribution is 0.373. The van der Waals surface area contributed by atoms with Gasteiger partial charge in [-0.1, -0.05) is 75.6 Å². The lowest BCUT2D eigenvalue weighted by Gasteiger charge is -2.38. The van der Waals surface area contributed by atoms with Crippen molar-refractivity contribution in [3.8, 4) is 0 Å². The van der Waals surface area contributed by atoms with E-state index < -0.39 is 0 Å². The van der Waals surface area contributed by atoms with Gasteiger partial charge in [0, 0.05) is 11.5 Å². The first-order valence-corrected chi connectivity index (χ1v) is 8.64. The molecule has 116 valence electrons. The highest BCUT2D eigenvalue weighted by molar-refractivity contribution is 5.31. The molecule has 1 unspecified atom stereocenters. The zero-order chi connectivity index (χ0) is 15.1. The molecule has 1 nitrogen and oxygen atoms in total. The van der Waals surface area contributed by atoms with Crippen molar-refractivity contribution >= 4 is 0 Å².